The van der Waals surface area contributed by atoms with Crippen LogP contribution in [0.3, 0.4) is 0 Å². The predicted octanol–water partition coefficient (Wildman–Crippen LogP) is 4.60. The number of rotatable bonds is 4. The van der Waals surface area contributed by atoms with Crippen LogP contribution in [0, 0.1) is 0 Å². The van der Waals surface area contributed by atoms with Gasteiger partial charge in [0.05, 0.1) is 25.8 Å². The fraction of sp³-hybridized carbons (Fsp3) is 0. The van der Waals surface area contributed by atoms with E-state index in [-0.39, 0.29) is 25.7 Å². The van der Waals surface area contributed by atoms with Gasteiger partial charge in [0.15, 0.2) is 0 Å². The molecule has 0 atom stereocenters. The Bertz CT molecular complexity index is 1130. The third-order valence-corrected chi connectivity index (χ3v) is 6.53. The van der Waals surface area contributed by atoms with Crippen LogP contribution in [0.15, 0.2) is 53.8 Å². The maximum Gasteiger partial charge on any atom is 0.285 e. The van der Waals surface area contributed by atoms with E-state index in [9.17, 15) is 13.2 Å². The van der Waals surface area contributed by atoms with Crippen molar-refractivity contribution < 1.29 is 13.2 Å². The van der Waals surface area contributed by atoms with Crippen LogP contribution in [0.5, 0.6) is 0 Å². The lowest BCUT2D eigenvalue weighted by molar-refractivity contribution is 0.0977. The minimum atomic E-state index is -4.30. The smallest absolute Gasteiger partial charge is 0.285 e. The van der Waals surface area contributed by atoms with E-state index in [1.54, 1.807) is 18.2 Å². The van der Waals surface area contributed by atoms with E-state index in [2.05, 4.69) is 4.98 Å². The molecule has 1 amide bonds. The number of nitrogens with one attached hydrogen (secondary N) is 1. The molecular formula is C16H9Cl4N3O3S. The zero-order valence-corrected chi connectivity index (χ0v) is 17.0. The molecule has 1 aromatic heterocycles. The normalized spacial score (nSPS) is 11.4. The Morgan fingerprint density at radius 1 is 0.963 bits per heavy atom. The standard InChI is InChI=1S/C16H9Cl4N3O3S/c17-9-3-2-6-13(14(9)20)23-7-12(21-8-23)16(24)22-27(25,26)15-10(18)4-1-5-11(15)19/h1-8H,(H,22,24). The van der Waals surface area contributed by atoms with E-state index in [0.717, 1.165) is 0 Å². The summed E-state index contributed by atoms with van der Waals surface area (Å²) in [5.41, 5.74) is 0.325. The molecule has 27 heavy (non-hydrogen) atoms. The number of imidazole rings is 1. The molecular weight excluding hydrogens is 456 g/mol. The van der Waals surface area contributed by atoms with Crippen LogP contribution < -0.4 is 4.72 Å². The van der Waals surface area contributed by atoms with Gasteiger partial charge in [-0.15, -0.1) is 0 Å². The predicted molar refractivity (Wildman–Crippen MR) is 105 cm³/mol. The van der Waals surface area contributed by atoms with Gasteiger partial charge < -0.3 is 4.57 Å². The van der Waals surface area contributed by atoms with Crippen LogP contribution in [-0.2, 0) is 10.0 Å². The molecule has 1 heterocycles. The lowest BCUT2D eigenvalue weighted by Crippen LogP contribution is -2.31. The Labute approximate surface area is 174 Å². The largest absolute Gasteiger partial charge is 0.304 e. The zero-order valence-electron chi connectivity index (χ0n) is 13.2. The molecule has 0 aliphatic carbocycles. The fourth-order valence-electron chi connectivity index (χ4n) is 2.23. The van der Waals surface area contributed by atoms with Crippen molar-refractivity contribution in [2.75, 3.05) is 0 Å². The van der Waals surface area contributed by atoms with Crippen LogP contribution in [0.1, 0.15) is 10.5 Å². The Morgan fingerprint density at radius 3 is 2.22 bits per heavy atom. The van der Waals surface area contributed by atoms with E-state index in [4.69, 9.17) is 46.4 Å². The second-order valence-corrected chi connectivity index (χ2v) is 8.44. The third-order valence-electron chi connectivity index (χ3n) is 3.44. The van der Waals surface area contributed by atoms with E-state index in [1.165, 1.54) is 35.3 Å². The molecule has 0 fully saturated rings. The monoisotopic (exact) mass is 463 g/mol. The average Bonchev–Trinajstić information content (AvgIpc) is 3.06. The van der Waals surface area contributed by atoms with Crippen molar-refractivity contribution in [3.8, 4) is 5.69 Å². The van der Waals surface area contributed by atoms with Crippen molar-refractivity contribution in [1.82, 2.24) is 14.3 Å². The highest BCUT2D eigenvalue weighted by molar-refractivity contribution is 7.90. The first kappa shape index (κ1) is 20.0. The van der Waals surface area contributed by atoms with Crippen LogP contribution in [0.4, 0.5) is 0 Å². The number of carbonyl (C=O) groups is 1. The van der Waals surface area contributed by atoms with Gasteiger partial charge in [-0.1, -0.05) is 58.5 Å². The van der Waals surface area contributed by atoms with E-state index < -0.39 is 15.9 Å². The summed E-state index contributed by atoms with van der Waals surface area (Å²) in [6.45, 7) is 0. The third kappa shape index (κ3) is 4.07. The molecule has 0 bridgehead atoms. The molecule has 0 radical (unpaired) electrons. The summed E-state index contributed by atoms with van der Waals surface area (Å²) in [5, 5.41) is 0.363. The van der Waals surface area contributed by atoms with Crippen molar-refractivity contribution in [3.05, 3.63) is 74.7 Å². The number of sulfonamides is 1. The summed E-state index contributed by atoms with van der Waals surface area (Å²) in [6, 6.07) is 9.13. The Balaban J connectivity index is 1.90. The Hall–Kier alpha value is -1.77. The molecule has 1 N–H and O–H groups in total. The van der Waals surface area contributed by atoms with Gasteiger partial charge in [-0.2, -0.15) is 0 Å². The minimum absolute atomic E-state index is 0.112. The number of amides is 1. The minimum Gasteiger partial charge on any atom is -0.304 e. The molecule has 3 aromatic rings. The van der Waals surface area contributed by atoms with Crippen LogP contribution in [-0.4, -0.2) is 23.9 Å². The summed E-state index contributed by atoms with van der Waals surface area (Å²) in [7, 11) is -4.30. The number of halogens is 4. The summed E-state index contributed by atoms with van der Waals surface area (Å²) < 4.78 is 28.3. The maximum atomic E-state index is 12.5. The number of aromatic nitrogens is 2. The first-order valence-electron chi connectivity index (χ1n) is 7.20. The lowest BCUT2D eigenvalue weighted by Gasteiger charge is -2.09. The topological polar surface area (TPSA) is 81.1 Å². The number of hydrogen-bond donors (Lipinski definition) is 1. The van der Waals surface area contributed by atoms with Crippen LogP contribution >= 0.6 is 46.4 Å². The maximum absolute atomic E-state index is 12.5. The van der Waals surface area contributed by atoms with Crippen LogP contribution in [0.2, 0.25) is 20.1 Å². The summed E-state index contributed by atoms with van der Waals surface area (Å²) in [6.07, 6.45) is 2.62. The van der Waals surface area contributed by atoms with Crippen molar-refractivity contribution >= 4 is 62.3 Å². The SMILES string of the molecule is O=C(NS(=O)(=O)c1c(Cl)cccc1Cl)c1cn(-c2cccc(Cl)c2Cl)cn1. The highest BCUT2D eigenvalue weighted by atomic mass is 35.5. The molecule has 0 saturated carbocycles. The molecule has 6 nitrogen and oxygen atoms in total. The van der Waals surface area contributed by atoms with Gasteiger partial charge in [0.2, 0.25) is 0 Å². The number of hydrogen-bond acceptors (Lipinski definition) is 4. The molecule has 11 heteroatoms. The van der Waals surface area contributed by atoms with Crippen molar-refractivity contribution in [3.63, 3.8) is 0 Å². The second-order valence-electron chi connectivity index (χ2n) is 5.22. The van der Waals surface area contributed by atoms with Crippen molar-refractivity contribution in [2.24, 2.45) is 0 Å². The van der Waals surface area contributed by atoms with E-state index in [0.29, 0.717) is 10.7 Å². The summed E-state index contributed by atoms with van der Waals surface area (Å²) in [5.74, 6) is -0.956. The Kier molecular flexibility index (Phi) is 5.69. The van der Waals surface area contributed by atoms with Gasteiger partial charge in [0.25, 0.3) is 15.9 Å². The fourth-order valence-corrected chi connectivity index (χ4v) is 4.73. The van der Waals surface area contributed by atoms with Crippen molar-refractivity contribution in [2.45, 2.75) is 4.90 Å². The van der Waals surface area contributed by atoms with Crippen molar-refractivity contribution in [1.29, 1.82) is 0 Å². The second kappa shape index (κ2) is 7.69. The summed E-state index contributed by atoms with van der Waals surface area (Å²) in [4.78, 5) is 15.9. The molecule has 0 aliphatic heterocycles. The van der Waals surface area contributed by atoms with Gasteiger partial charge in [0, 0.05) is 6.20 Å². The first-order chi connectivity index (χ1) is 12.7. The number of carbonyl (C=O) groups excluding carboxylic acids is 1. The Morgan fingerprint density at radius 2 is 1.56 bits per heavy atom. The molecule has 2 aromatic carbocycles. The molecule has 3 rings (SSSR count). The molecule has 0 spiro atoms. The van der Waals surface area contributed by atoms with Gasteiger partial charge in [0.1, 0.15) is 16.9 Å². The van der Waals surface area contributed by atoms with Crippen LogP contribution in [0.25, 0.3) is 5.69 Å². The zero-order chi connectivity index (χ0) is 19.8. The molecule has 0 saturated heterocycles. The van der Waals surface area contributed by atoms with Gasteiger partial charge >= 0.3 is 0 Å². The molecule has 0 unspecified atom stereocenters. The molecule has 0 aliphatic rings. The highest BCUT2D eigenvalue weighted by Gasteiger charge is 2.25. The number of nitrogens with zero attached hydrogens (tertiary/aromatic N) is 2. The summed E-state index contributed by atoms with van der Waals surface area (Å²) >= 11 is 23.9. The van der Waals surface area contributed by atoms with E-state index >= 15 is 0 Å². The van der Waals surface area contributed by atoms with E-state index in [1.807, 2.05) is 4.72 Å². The quantitative estimate of drug-likeness (QED) is 0.611. The van der Waals surface area contributed by atoms with Gasteiger partial charge in [-0.3, -0.25) is 4.79 Å². The van der Waals surface area contributed by atoms with Gasteiger partial charge in [-0.05, 0) is 24.3 Å². The molecule has 140 valence electrons. The average molecular weight is 465 g/mol. The first-order valence-corrected chi connectivity index (χ1v) is 10.2. The van der Waals surface area contributed by atoms with Gasteiger partial charge in [-0.25, -0.2) is 18.1 Å². The highest BCUT2D eigenvalue weighted by Crippen LogP contribution is 2.30. The lowest BCUT2D eigenvalue weighted by atomic mass is 10.3. The number of benzene rings is 2.